The lowest BCUT2D eigenvalue weighted by Crippen LogP contribution is -2.52. The zero-order chi connectivity index (χ0) is 14.3. The molecule has 2 heterocycles. The molecule has 1 aromatic carbocycles. The van der Waals surface area contributed by atoms with Crippen molar-refractivity contribution in [2.75, 3.05) is 32.0 Å². The Kier molecular flexibility index (Phi) is 3.22. The van der Waals surface area contributed by atoms with Crippen LogP contribution in [0.15, 0.2) is 18.2 Å². The fourth-order valence-corrected chi connectivity index (χ4v) is 2.76. The molecule has 20 heavy (non-hydrogen) atoms. The molecule has 0 spiro atoms. The fourth-order valence-electron chi connectivity index (χ4n) is 2.76. The highest BCUT2D eigenvalue weighted by molar-refractivity contribution is 6.02. The van der Waals surface area contributed by atoms with Gasteiger partial charge in [0.05, 0.1) is 6.42 Å². The Morgan fingerprint density at radius 3 is 2.90 bits per heavy atom. The average Bonchev–Trinajstić information content (AvgIpc) is 2.80. The van der Waals surface area contributed by atoms with Crippen molar-refractivity contribution >= 4 is 17.5 Å². The van der Waals surface area contributed by atoms with Crippen LogP contribution in [0.2, 0.25) is 0 Å². The maximum absolute atomic E-state index is 12.5. The second-order valence-electron chi connectivity index (χ2n) is 5.68. The summed E-state index contributed by atoms with van der Waals surface area (Å²) in [5.41, 5.74) is 2.41. The molecule has 0 bridgehead atoms. The number of carbonyl (C=O) groups excluding carboxylic acids is 2. The Morgan fingerprint density at radius 1 is 1.35 bits per heavy atom. The van der Waals surface area contributed by atoms with Crippen LogP contribution in [-0.2, 0) is 11.2 Å². The fraction of sp³-hybridized carbons (Fsp3) is 0.467. The second-order valence-corrected chi connectivity index (χ2v) is 5.68. The summed E-state index contributed by atoms with van der Waals surface area (Å²) in [5, 5.41) is 2.79. The van der Waals surface area contributed by atoms with Crippen LogP contribution in [0.3, 0.4) is 0 Å². The van der Waals surface area contributed by atoms with Crippen LogP contribution >= 0.6 is 0 Å². The van der Waals surface area contributed by atoms with E-state index < -0.39 is 0 Å². The molecule has 106 valence electrons. The zero-order valence-corrected chi connectivity index (χ0v) is 11.8. The standard InChI is InChI=1S/C15H19N3O2/c1-10-9-18(6-5-17(10)2)15(20)12-4-3-11-8-14(19)16-13(11)7-12/h3-4,7,10H,5-6,8-9H2,1-2H3,(H,16,19). The summed E-state index contributed by atoms with van der Waals surface area (Å²) in [7, 11) is 2.08. The van der Waals surface area contributed by atoms with Crippen molar-refractivity contribution < 1.29 is 9.59 Å². The van der Waals surface area contributed by atoms with Crippen LogP contribution in [0.5, 0.6) is 0 Å². The second kappa shape index (κ2) is 4.90. The van der Waals surface area contributed by atoms with Crippen molar-refractivity contribution in [1.29, 1.82) is 0 Å². The van der Waals surface area contributed by atoms with Gasteiger partial charge >= 0.3 is 0 Å². The molecule has 1 aromatic rings. The quantitative estimate of drug-likeness (QED) is 0.829. The third-order valence-corrected chi connectivity index (χ3v) is 4.23. The van der Waals surface area contributed by atoms with E-state index in [1.165, 1.54) is 0 Å². The minimum absolute atomic E-state index is 0.00202. The van der Waals surface area contributed by atoms with E-state index in [9.17, 15) is 9.59 Å². The Morgan fingerprint density at radius 2 is 2.15 bits per heavy atom. The van der Waals surface area contributed by atoms with Gasteiger partial charge in [-0.25, -0.2) is 0 Å². The highest BCUT2D eigenvalue weighted by Crippen LogP contribution is 2.25. The summed E-state index contributed by atoms with van der Waals surface area (Å²) in [6.45, 7) is 4.53. The van der Waals surface area contributed by atoms with Crippen molar-refractivity contribution in [3.8, 4) is 0 Å². The van der Waals surface area contributed by atoms with Crippen molar-refractivity contribution in [3.63, 3.8) is 0 Å². The van der Waals surface area contributed by atoms with E-state index in [2.05, 4.69) is 24.2 Å². The number of piperazine rings is 1. The Balaban J connectivity index is 1.78. The largest absolute Gasteiger partial charge is 0.336 e. The average molecular weight is 273 g/mol. The Bertz CT molecular complexity index is 570. The molecule has 1 fully saturated rings. The molecule has 0 aliphatic carbocycles. The molecule has 2 aliphatic heterocycles. The Hall–Kier alpha value is -1.88. The first-order valence-corrected chi connectivity index (χ1v) is 6.97. The number of benzene rings is 1. The SMILES string of the molecule is CC1CN(C(=O)c2ccc3c(c2)NC(=O)C3)CCN1C. The summed E-state index contributed by atoms with van der Waals surface area (Å²) >= 11 is 0. The van der Waals surface area contributed by atoms with Gasteiger partial charge in [0.1, 0.15) is 0 Å². The van der Waals surface area contributed by atoms with Gasteiger partial charge in [0.15, 0.2) is 0 Å². The molecule has 5 nitrogen and oxygen atoms in total. The molecule has 0 radical (unpaired) electrons. The van der Waals surface area contributed by atoms with Gasteiger partial charge in [-0.3, -0.25) is 9.59 Å². The summed E-state index contributed by atoms with van der Waals surface area (Å²) in [6, 6.07) is 5.87. The molecular weight excluding hydrogens is 254 g/mol. The number of hydrogen-bond acceptors (Lipinski definition) is 3. The monoisotopic (exact) mass is 273 g/mol. The number of nitrogens with zero attached hydrogens (tertiary/aromatic N) is 2. The lowest BCUT2D eigenvalue weighted by atomic mass is 10.1. The summed E-state index contributed by atoms with van der Waals surface area (Å²) < 4.78 is 0. The van der Waals surface area contributed by atoms with Crippen molar-refractivity contribution in [3.05, 3.63) is 29.3 Å². The third-order valence-electron chi connectivity index (χ3n) is 4.23. The maximum Gasteiger partial charge on any atom is 0.254 e. The minimum atomic E-state index is -0.00202. The number of hydrogen-bond donors (Lipinski definition) is 1. The van der Waals surface area contributed by atoms with Gasteiger partial charge < -0.3 is 15.1 Å². The molecule has 0 saturated carbocycles. The molecule has 2 amide bonds. The molecule has 1 N–H and O–H groups in total. The summed E-state index contributed by atoms with van der Waals surface area (Å²) in [4.78, 5) is 28.0. The first-order chi connectivity index (χ1) is 9.54. The van der Waals surface area contributed by atoms with E-state index >= 15 is 0 Å². The van der Waals surface area contributed by atoms with Gasteiger partial charge in [-0.05, 0) is 31.7 Å². The topological polar surface area (TPSA) is 52.7 Å². The minimum Gasteiger partial charge on any atom is -0.336 e. The van der Waals surface area contributed by atoms with E-state index in [0.29, 0.717) is 18.0 Å². The molecule has 1 atom stereocenters. The van der Waals surface area contributed by atoms with Crippen LogP contribution in [0.4, 0.5) is 5.69 Å². The molecule has 1 unspecified atom stereocenters. The van der Waals surface area contributed by atoms with Gasteiger partial charge in [0.25, 0.3) is 5.91 Å². The molecule has 5 heteroatoms. The number of likely N-dealkylation sites (N-methyl/N-ethyl adjacent to an activating group) is 1. The smallest absolute Gasteiger partial charge is 0.254 e. The van der Waals surface area contributed by atoms with E-state index in [-0.39, 0.29) is 11.8 Å². The third kappa shape index (κ3) is 2.29. The van der Waals surface area contributed by atoms with Crippen molar-refractivity contribution in [2.45, 2.75) is 19.4 Å². The van der Waals surface area contributed by atoms with Gasteiger partial charge in [-0.2, -0.15) is 0 Å². The lowest BCUT2D eigenvalue weighted by molar-refractivity contribution is -0.115. The predicted octanol–water partition coefficient (Wildman–Crippen LogP) is 0.957. The van der Waals surface area contributed by atoms with E-state index in [4.69, 9.17) is 0 Å². The Labute approximate surface area is 118 Å². The van der Waals surface area contributed by atoms with E-state index in [1.807, 2.05) is 17.0 Å². The van der Waals surface area contributed by atoms with Gasteiger partial charge in [0.2, 0.25) is 5.91 Å². The number of anilines is 1. The molecule has 1 saturated heterocycles. The number of nitrogens with one attached hydrogen (secondary N) is 1. The molecule has 0 aromatic heterocycles. The van der Waals surface area contributed by atoms with Crippen molar-refractivity contribution in [2.24, 2.45) is 0 Å². The van der Waals surface area contributed by atoms with Crippen molar-refractivity contribution in [1.82, 2.24) is 9.80 Å². The van der Waals surface area contributed by atoms with E-state index in [0.717, 1.165) is 30.9 Å². The molecule has 2 aliphatic rings. The van der Waals surface area contributed by atoms with Crippen LogP contribution in [0, 0.1) is 0 Å². The summed E-state index contributed by atoms with van der Waals surface area (Å²) in [5.74, 6) is 0.0479. The van der Waals surface area contributed by atoms with Crippen LogP contribution in [-0.4, -0.2) is 54.3 Å². The normalized spacial score (nSPS) is 22.6. The van der Waals surface area contributed by atoms with Crippen LogP contribution in [0.1, 0.15) is 22.8 Å². The van der Waals surface area contributed by atoms with Gasteiger partial charge in [-0.1, -0.05) is 6.07 Å². The zero-order valence-electron chi connectivity index (χ0n) is 11.8. The first kappa shape index (κ1) is 13.1. The highest BCUT2D eigenvalue weighted by atomic mass is 16.2. The van der Waals surface area contributed by atoms with Gasteiger partial charge in [-0.15, -0.1) is 0 Å². The summed E-state index contributed by atoms with van der Waals surface area (Å²) in [6.07, 6.45) is 0.412. The number of fused-ring (bicyclic) bond motifs is 1. The maximum atomic E-state index is 12.5. The van der Waals surface area contributed by atoms with Crippen LogP contribution in [0.25, 0.3) is 0 Å². The predicted molar refractivity (Wildman–Crippen MR) is 76.8 cm³/mol. The lowest BCUT2D eigenvalue weighted by Gasteiger charge is -2.37. The van der Waals surface area contributed by atoms with Gasteiger partial charge in [0, 0.05) is 36.9 Å². The van der Waals surface area contributed by atoms with Crippen LogP contribution < -0.4 is 5.32 Å². The number of rotatable bonds is 1. The molecular formula is C15H19N3O2. The highest BCUT2D eigenvalue weighted by Gasteiger charge is 2.26. The molecule has 3 rings (SSSR count). The number of carbonyl (C=O) groups is 2. The first-order valence-electron chi connectivity index (χ1n) is 6.97. The van der Waals surface area contributed by atoms with E-state index in [1.54, 1.807) is 6.07 Å². The number of amides is 2.